The fourth-order valence-electron chi connectivity index (χ4n) is 5.13. The minimum atomic E-state index is -0.823. The molecule has 2 aromatic carbocycles. The number of nitrogens with zero attached hydrogens (tertiary/aromatic N) is 4. The van der Waals surface area contributed by atoms with E-state index in [4.69, 9.17) is 4.74 Å². The van der Waals surface area contributed by atoms with E-state index in [1.807, 2.05) is 37.3 Å². The molecule has 0 spiro atoms. The number of aromatic nitrogens is 3. The lowest BCUT2D eigenvalue weighted by Crippen LogP contribution is -2.30. The van der Waals surface area contributed by atoms with Gasteiger partial charge in [-0.15, -0.1) is 11.3 Å². The summed E-state index contributed by atoms with van der Waals surface area (Å²) in [5, 5.41) is 14.1. The maximum Gasteiger partial charge on any atom is 0.288 e. The van der Waals surface area contributed by atoms with Gasteiger partial charge in [0, 0.05) is 21.0 Å². The second-order valence-corrected chi connectivity index (χ2v) is 10.9. The summed E-state index contributed by atoms with van der Waals surface area (Å²) in [5.41, 5.74) is 1.43. The summed E-state index contributed by atoms with van der Waals surface area (Å²) in [5.74, 6) is 0.896. The molecule has 3 aromatic heterocycles. The number of benzene rings is 2. The Hall–Kier alpha value is -4.13. The number of nitriles is 1. The molecule has 4 heterocycles. The van der Waals surface area contributed by atoms with Gasteiger partial charge in [-0.2, -0.15) is 5.26 Å². The minimum Gasteiger partial charge on any atom is -0.490 e. The molecular weight excluding hydrogens is 513 g/mol. The van der Waals surface area contributed by atoms with Crippen LogP contribution in [0.4, 0.5) is 4.39 Å². The van der Waals surface area contributed by atoms with Crippen LogP contribution >= 0.6 is 11.3 Å². The van der Waals surface area contributed by atoms with E-state index in [2.05, 4.69) is 21.4 Å². The van der Waals surface area contributed by atoms with E-state index in [0.717, 1.165) is 47.1 Å². The van der Waals surface area contributed by atoms with Crippen molar-refractivity contribution in [3.63, 3.8) is 0 Å². The quantitative estimate of drug-likeness (QED) is 0.299. The van der Waals surface area contributed by atoms with E-state index < -0.39 is 17.4 Å². The highest BCUT2D eigenvalue weighted by molar-refractivity contribution is 7.25. The van der Waals surface area contributed by atoms with Gasteiger partial charge in [-0.05, 0) is 74.7 Å². The number of pyridine rings is 1. The zero-order chi connectivity index (χ0) is 26.9. The normalized spacial score (nSPS) is 14.9. The van der Waals surface area contributed by atoms with E-state index in [0.29, 0.717) is 39.9 Å². The Labute approximate surface area is 228 Å². The Morgan fingerprint density at radius 2 is 1.95 bits per heavy atom. The highest BCUT2D eigenvalue weighted by atomic mass is 32.1. The van der Waals surface area contributed by atoms with Crippen LogP contribution in [0.2, 0.25) is 0 Å². The molecule has 1 fully saturated rings. The molecule has 1 aliphatic heterocycles. The molecule has 7 nitrogen and oxygen atoms in total. The average Bonchev–Trinajstić information content (AvgIpc) is 3.34. The number of hydrogen-bond acceptors (Lipinski definition) is 7. The van der Waals surface area contributed by atoms with Crippen molar-refractivity contribution in [2.24, 2.45) is 5.92 Å². The van der Waals surface area contributed by atoms with Gasteiger partial charge >= 0.3 is 0 Å². The lowest BCUT2D eigenvalue weighted by atomic mass is 9.99. The predicted octanol–water partition coefficient (Wildman–Crippen LogP) is 5.67. The van der Waals surface area contributed by atoms with Crippen molar-refractivity contribution >= 4 is 31.6 Å². The van der Waals surface area contributed by atoms with Crippen molar-refractivity contribution in [3.8, 4) is 23.2 Å². The molecule has 1 atom stereocenters. The van der Waals surface area contributed by atoms with Crippen LogP contribution in [-0.4, -0.2) is 34.2 Å². The van der Waals surface area contributed by atoms with Gasteiger partial charge < -0.3 is 10.1 Å². The number of thiophene rings is 1. The number of ether oxygens (including phenoxy) is 1. The van der Waals surface area contributed by atoms with Crippen molar-refractivity contribution in [2.45, 2.75) is 25.8 Å². The molecule has 0 radical (unpaired) electrons. The third-order valence-corrected chi connectivity index (χ3v) is 8.52. The number of piperidine rings is 1. The zero-order valence-electron chi connectivity index (χ0n) is 21.4. The Morgan fingerprint density at radius 1 is 1.15 bits per heavy atom. The SMILES string of the molecule is C[C@H](c1cccc(-c2ncc(OCC3CCNCC3)cn2)c1)n1c(=O)c(F)cc2c3cc(C#N)ccc3sc21. The maximum atomic E-state index is 14.9. The first-order chi connectivity index (χ1) is 19.0. The van der Waals surface area contributed by atoms with Gasteiger partial charge in [0.1, 0.15) is 4.83 Å². The Morgan fingerprint density at radius 3 is 2.72 bits per heavy atom. The van der Waals surface area contributed by atoms with Gasteiger partial charge in [0.15, 0.2) is 17.4 Å². The van der Waals surface area contributed by atoms with E-state index in [-0.39, 0.29) is 0 Å². The highest BCUT2D eigenvalue weighted by Gasteiger charge is 2.20. The van der Waals surface area contributed by atoms with Crippen LogP contribution in [0.5, 0.6) is 5.75 Å². The maximum absolute atomic E-state index is 14.9. The molecule has 1 N–H and O–H groups in total. The lowest BCUT2D eigenvalue weighted by Gasteiger charge is -2.22. The minimum absolute atomic E-state index is 0.452. The largest absolute Gasteiger partial charge is 0.490 e. The van der Waals surface area contributed by atoms with Gasteiger partial charge in [0.2, 0.25) is 0 Å². The molecule has 196 valence electrons. The van der Waals surface area contributed by atoms with Gasteiger partial charge in [-0.1, -0.05) is 18.2 Å². The molecule has 9 heteroatoms. The van der Waals surface area contributed by atoms with Crippen LogP contribution in [0.25, 0.3) is 31.7 Å². The molecule has 0 amide bonds. The van der Waals surface area contributed by atoms with Crippen molar-refractivity contribution in [3.05, 3.63) is 88.2 Å². The summed E-state index contributed by atoms with van der Waals surface area (Å²) in [6.45, 7) is 4.58. The summed E-state index contributed by atoms with van der Waals surface area (Å²) < 4.78 is 23.2. The van der Waals surface area contributed by atoms with Gasteiger partial charge in [-0.3, -0.25) is 9.36 Å². The predicted molar refractivity (Wildman–Crippen MR) is 151 cm³/mol. The molecule has 0 bridgehead atoms. The Balaban J connectivity index is 1.31. The van der Waals surface area contributed by atoms with Crippen molar-refractivity contribution < 1.29 is 9.13 Å². The summed E-state index contributed by atoms with van der Waals surface area (Å²) >= 11 is 1.42. The second kappa shape index (κ2) is 10.6. The van der Waals surface area contributed by atoms with Crippen LogP contribution < -0.4 is 15.6 Å². The molecule has 1 aliphatic rings. The molecule has 0 unspecified atom stereocenters. The van der Waals surface area contributed by atoms with Crippen LogP contribution in [-0.2, 0) is 0 Å². The van der Waals surface area contributed by atoms with Crippen molar-refractivity contribution in [1.29, 1.82) is 5.26 Å². The van der Waals surface area contributed by atoms with Gasteiger partial charge in [-0.25, -0.2) is 14.4 Å². The first-order valence-electron chi connectivity index (χ1n) is 12.9. The van der Waals surface area contributed by atoms with E-state index in [9.17, 15) is 14.4 Å². The van der Waals surface area contributed by atoms with Gasteiger partial charge in [0.25, 0.3) is 5.56 Å². The highest BCUT2D eigenvalue weighted by Crippen LogP contribution is 2.36. The van der Waals surface area contributed by atoms with Crippen molar-refractivity contribution in [1.82, 2.24) is 19.9 Å². The van der Waals surface area contributed by atoms with E-state index >= 15 is 0 Å². The fraction of sp³-hybridized carbons (Fsp3) is 0.267. The van der Waals surface area contributed by atoms with Crippen LogP contribution in [0.3, 0.4) is 0 Å². The number of hydrogen-bond donors (Lipinski definition) is 1. The number of rotatable bonds is 6. The molecule has 6 rings (SSSR count). The molecule has 5 aromatic rings. The summed E-state index contributed by atoms with van der Waals surface area (Å²) in [6, 6.07) is 15.9. The van der Waals surface area contributed by atoms with Crippen LogP contribution in [0, 0.1) is 23.1 Å². The number of fused-ring (bicyclic) bond motifs is 3. The van der Waals surface area contributed by atoms with E-state index in [1.54, 1.807) is 24.5 Å². The number of nitrogens with one attached hydrogen (secondary N) is 1. The molecule has 1 saturated heterocycles. The molecule has 0 aliphatic carbocycles. The first-order valence-corrected chi connectivity index (χ1v) is 13.8. The third-order valence-electron chi connectivity index (χ3n) is 7.34. The Kier molecular flexibility index (Phi) is 6.81. The molecular formula is C30H26FN5O2S. The standard InChI is InChI=1S/C30H26FN5O2S/c1-18(36-29(37)26(31)13-25-24-11-20(14-32)5-6-27(24)39-30(25)36)21-3-2-4-22(12-21)28-34-15-23(16-35-28)38-17-19-7-9-33-10-8-19/h2-6,11-13,15-16,18-19,33H,7-10,17H2,1H3/t18-/m1/s1. The van der Waals surface area contributed by atoms with E-state index in [1.165, 1.54) is 22.0 Å². The lowest BCUT2D eigenvalue weighted by molar-refractivity contribution is 0.214. The number of halogens is 1. The smallest absolute Gasteiger partial charge is 0.288 e. The third kappa shape index (κ3) is 4.89. The zero-order valence-corrected chi connectivity index (χ0v) is 22.2. The average molecular weight is 540 g/mol. The molecule has 0 saturated carbocycles. The first kappa shape index (κ1) is 25.2. The molecule has 39 heavy (non-hydrogen) atoms. The Bertz CT molecular complexity index is 1770. The fourth-order valence-corrected chi connectivity index (χ4v) is 6.37. The van der Waals surface area contributed by atoms with Crippen LogP contribution in [0.1, 0.15) is 36.9 Å². The monoisotopic (exact) mass is 539 g/mol. The summed E-state index contributed by atoms with van der Waals surface area (Å²) in [6.07, 6.45) is 5.58. The van der Waals surface area contributed by atoms with Crippen molar-refractivity contribution in [2.75, 3.05) is 19.7 Å². The topological polar surface area (TPSA) is 92.8 Å². The van der Waals surface area contributed by atoms with Crippen LogP contribution in [0.15, 0.2) is 65.7 Å². The van der Waals surface area contributed by atoms with Gasteiger partial charge in [0.05, 0.1) is 36.7 Å². The summed E-state index contributed by atoms with van der Waals surface area (Å²) in [7, 11) is 0. The summed E-state index contributed by atoms with van der Waals surface area (Å²) in [4.78, 5) is 22.8. The second-order valence-electron chi connectivity index (χ2n) is 9.86.